The average molecular weight is 601 g/mol. The highest BCUT2D eigenvalue weighted by molar-refractivity contribution is 7.91. The lowest BCUT2D eigenvalue weighted by molar-refractivity contribution is -0.127. The van der Waals surface area contributed by atoms with E-state index < -0.39 is 15.4 Å². The second-order valence-electron chi connectivity index (χ2n) is 12.5. The zero-order valence-electron chi connectivity index (χ0n) is 23.7. The van der Waals surface area contributed by atoms with Gasteiger partial charge in [-0.1, -0.05) is 55.3 Å². The quantitative estimate of drug-likeness (QED) is 0.380. The predicted molar refractivity (Wildman–Crippen MR) is 165 cm³/mol. The molecule has 0 spiro atoms. The molecule has 0 bridgehead atoms. The van der Waals surface area contributed by atoms with Crippen molar-refractivity contribution in [2.75, 3.05) is 29.5 Å². The van der Waals surface area contributed by atoms with Gasteiger partial charge in [0.05, 0.1) is 28.1 Å². The number of aromatic nitrogens is 1. The van der Waals surface area contributed by atoms with E-state index >= 15 is 0 Å². The molecule has 7 nitrogen and oxygen atoms in total. The Labute approximate surface area is 251 Å². The van der Waals surface area contributed by atoms with Crippen LogP contribution in [0, 0.1) is 17.2 Å². The summed E-state index contributed by atoms with van der Waals surface area (Å²) >= 11 is 1.77. The van der Waals surface area contributed by atoms with Gasteiger partial charge in [0, 0.05) is 36.0 Å². The highest BCUT2D eigenvalue weighted by Crippen LogP contribution is 2.57. The van der Waals surface area contributed by atoms with Gasteiger partial charge in [0.15, 0.2) is 9.84 Å². The first-order valence-electron chi connectivity index (χ1n) is 15.2. The van der Waals surface area contributed by atoms with Gasteiger partial charge in [0.2, 0.25) is 5.91 Å². The molecule has 0 radical (unpaired) electrons. The molecule has 2 aromatic carbocycles. The zero-order chi connectivity index (χ0) is 29.0. The second-order valence-corrected chi connectivity index (χ2v) is 15.9. The van der Waals surface area contributed by atoms with E-state index in [1.165, 1.54) is 5.56 Å². The number of hydrogen-bond donors (Lipinski definition) is 1. The molecule has 218 valence electrons. The molecule has 3 aromatic rings. The smallest absolute Gasteiger partial charge is 0.225 e. The number of carbonyl (C=O) groups excluding carboxylic acids is 1. The Kier molecular flexibility index (Phi) is 6.90. The minimum absolute atomic E-state index is 0.00107. The fraction of sp³-hybridized carbons (Fsp3) is 0.485. The van der Waals surface area contributed by atoms with Gasteiger partial charge in [-0.25, -0.2) is 13.4 Å². The Bertz CT molecular complexity index is 1620. The first kappa shape index (κ1) is 27.6. The molecule has 42 heavy (non-hydrogen) atoms. The van der Waals surface area contributed by atoms with Crippen molar-refractivity contribution in [3.63, 3.8) is 0 Å². The Morgan fingerprint density at radius 3 is 2.31 bits per heavy atom. The number of benzene rings is 2. The molecule has 3 saturated carbocycles. The molecule has 7 rings (SSSR count). The summed E-state index contributed by atoms with van der Waals surface area (Å²) < 4.78 is 23.9. The summed E-state index contributed by atoms with van der Waals surface area (Å²) in [6.07, 6.45) is 7.39. The van der Waals surface area contributed by atoms with Crippen molar-refractivity contribution in [2.24, 2.45) is 5.92 Å². The number of nitrogens with zero attached hydrogens (tertiary/aromatic N) is 3. The Morgan fingerprint density at radius 1 is 0.976 bits per heavy atom. The molecule has 1 aliphatic heterocycles. The second kappa shape index (κ2) is 10.5. The van der Waals surface area contributed by atoms with Crippen LogP contribution in [0.1, 0.15) is 73.5 Å². The van der Waals surface area contributed by atoms with E-state index in [-0.39, 0.29) is 34.7 Å². The summed E-state index contributed by atoms with van der Waals surface area (Å²) in [5.41, 5.74) is 3.70. The summed E-state index contributed by atoms with van der Waals surface area (Å²) in [6, 6.07) is 21.4. The minimum atomic E-state index is -2.94. The first-order valence-corrected chi connectivity index (χ1v) is 17.8. The summed E-state index contributed by atoms with van der Waals surface area (Å²) in [4.78, 5) is 22.3. The maximum Gasteiger partial charge on any atom is 0.225 e. The number of hydrogen-bond acceptors (Lipinski definition) is 7. The summed E-state index contributed by atoms with van der Waals surface area (Å²) in [5.74, 6) is 0.193. The first-order chi connectivity index (χ1) is 20.3. The van der Waals surface area contributed by atoms with E-state index in [4.69, 9.17) is 4.98 Å². The maximum atomic E-state index is 13.6. The van der Waals surface area contributed by atoms with Crippen LogP contribution in [0.3, 0.4) is 0 Å². The fourth-order valence-electron chi connectivity index (χ4n) is 6.79. The number of nitrogens with one attached hydrogen (secondary N) is 1. The number of amides is 1. The Hall–Kier alpha value is -3.22. The number of sulfone groups is 1. The van der Waals surface area contributed by atoms with Crippen molar-refractivity contribution in [3.05, 3.63) is 70.9 Å². The van der Waals surface area contributed by atoms with E-state index in [9.17, 15) is 18.5 Å². The summed E-state index contributed by atoms with van der Waals surface area (Å²) in [6.45, 7) is 1.03. The van der Waals surface area contributed by atoms with E-state index in [0.717, 1.165) is 78.2 Å². The minimum Gasteiger partial charge on any atom is -0.369 e. The number of rotatable bonds is 7. The highest BCUT2D eigenvalue weighted by atomic mass is 32.2. The van der Waals surface area contributed by atoms with Crippen LogP contribution in [-0.2, 0) is 20.0 Å². The van der Waals surface area contributed by atoms with E-state index in [1.54, 1.807) is 11.3 Å². The van der Waals surface area contributed by atoms with Crippen LogP contribution in [0.2, 0.25) is 0 Å². The average Bonchev–Trinajstić information content (AvgIpc) is 3.95. The molecule has 1 N–H and O–H groups in total. The van der Waals surface area contributed by atoms with Gasteiger partial charge in [0.1, 0.15) is 10.5 Å². The van der Waals surface area contributed by atoms with Gasteiger partial charge in [-0.15, -0.1) is 11.3 Å². The van der Waals surface area contributed by atoms with Crippen LogP contribution in [0.15, 0.2) is 54.6 Å². The van der Waals surface area contributed by atoms with Gasteiger partial charge in [-0.3, -0.25) is 4.79 Å². The van der Waals surface area contributed by atoms with Crippen molar-refractivity contribution < 1.29 is 13.2 Å². The summed E-state index contributed by atoms with van der Waals surface area (Å²) in [5, 5.41) is 13.8. The molecule has 3 aliphatic carbocycles. The van der Waals surface area contributed by atoms with Gasteiger partial charge < -0.3 is 10.2 Å². The lowest BCUT2D eigenvalue weighted by Crippen LogP contribution is -2.42. The van der Waals surface area contributed by atoms with Crippen LogP contribution >= 0.6 is 11.3 Å². The van der Waals surface area contributed by atoms with E-state index in [0.29, 0.717) is 13.1 Å². The molecular formula is C33H36N4O3S2. The molecule has 0 unspecified atom stereocenters. The third-order valence-corrected chi connectivity index (χ3v) is 12.7. The molecule has 1 aromatic heterocycles. The van der Waals surface area contributed by atoms with E-state index in [1.807, 2.05) is 0 Å². The Balaban J connectivity index is 1.25. The van der Waals surface area contributed by atoms with Gasteiger partial charge in [-0.05, 0) is 61.8 Å². The largest absolute Gasteiger partial charge is 0.369 e. The fourth-order valence-corrected chi connectivity index (χ4v) is 9.40. The van der Waals surface area contributed by atoms with Gasteiger partial charge >= 0.3 is 0 Å². The molecule has 9 heteroatoms. The normalized spacial score (nSPS) is 25.3. The monoisotopic (exact) mass is 600 g/mol. The Morgan fingerprint density at radius 2 is 1.67 bits per heavy atom. The van der Waals surface area contributed by atoms with Crippen molar-refractivity contribution in [2.45, 2.75) is 68.2 Å². The number of nitriles is 1. The lowest BCUT2D eigenvalue weighted by Gasteiger charge is -2.31. The van der Waals surface area contributed by atoms with E-state index in [2.05, 4.69) is 70.9 Å². The van der Waals surface area contributed by atoms with Crippen LogP contribution in [-0.4, -0.2) is 49.4 Å². The van der Waals surface area contributed by atoms with Crippen LogP contribution in [0.25, 0.3) is 10.4 Å². The molecule has 1 saturated heterocycles. The molecule has 2 atom stereocenters. The van der Waals surface area contributed by atoms with Gasteiger partial charge in [0.25, 0.3) is 0 Å². The highest BCUT2D eigenvalue weighted by Gasteiger charge is 2.50. The SMILES string of the molecule is N#CC1(NC(=O)[C@@H]2CCCC[C@H]2c2nc(C3(c4ccccc4)CC3)sc2-c2ccc(N3CCS(=O)(=O)CC3)cc2)CC1. The third-order valence-electron chi connectivity index (χ3n) is 9.76. The molecule has 2 heterocycles. The van der Waals surface area contributed by atoms with Gasteiger partial charge in [-0.2, -0.15) is 5.26 Å². The zero-order valence-corrected chi connectivity index (χ0v) is 25.4. The van der Waals surface area contributed by atoms with Crippen molar-refractivity contribution in [1.82, 2.24) is 10.3 Å². The number of anilines is 1. The van der Waals surface area contributed by atoms with Crippen LogP contribution < -0.4 is 10.2 Å². The van der Waals surface area contributed by atoms with Crippen molar-refractivity contribution >= 4 is 32.8 Å². The molecule has 4 aliphatic rings. The molecule has 4 fully saturated rings. The molecular weight excluding hydrogens is 565 g/mol. The predicted octanol–water partition coefficient (Wildman–Crippen LogP) is 5.57. The molecule has 1 amide bonds. The third kappa shape index (κ3) is 5.13. The van der Waals surface area contributed by atoms with Crippen LogP contribution in [0.4, 0.5) is 5.69 Å². The lowest BCUT2D eigenvalue weighted by atomic mass is 9.76. The number of thiazole rings is 1. The van der Waals surface area contributed by atoms with Crippen molar-refractivity contribution in [1.29, 1.82) is 5.26 Å². The standard InChI is InChI=1S/C33H36N4O3S2/c34-22-32(14-15-32)36-30(38)27-9-5-4-8-26(27)28-29(41-31(35-28)33(16-17-33)24-6-2-1-3-7-24)23-10-12-25(13-11-23)37-18-20-42(39,40)21-19-37/h1-3,6-7,10-13,26-27H,4-5,8-9,14-21H2,(H,36,38)/t26-,27-/m1/s1. The number of carbonyl (C=O) groups is 1. The van der Waals surface area contributed by atoms with Crippen molar-refractivity contribution in [3.8, 4) is 16.5 Å². The van der Waals surface area contributed by atoms with Crippen LogP contribution in [0.5, 0.6) is 0 Å². The summed E-state index contributed by atoms with van der Waals surface area (Å²) in [7, 11) is -2.94. The topological polar surface area (TPSA) is 103 Å². The maximum absolute atomic E-state index is 13.6.